The van der Waals surface area contributed by atoms with Crippen molar-refractivity contribution in [3.63, 3.8) is 0 Å². The zero-order valence-electron chi connectivity index (χ0n) is 13.1. The van der Waals surface area contributed by atoms with E-state index in [0.717, 1.165) is 11.3 Å². The third kappa shape index (κ3) is 6.32. The number of carboxylic acid groups (broad SMARTS) is 1. The monoisotopic (exact) mass is 353 g/mol. The topological polar surface area (TPSA) is 135 Å². The molecule has 0 saturated heterocycles. The predicted octanol–water partition coefficient (Wildman–Crippen LogP) is 1.17. The number of carbonyl (C=O) groups is 2. The smallest absolute Gasteiger partial charge is 0.394 e. The molecule has 1 amide bonds. The van der Waals surface area contributed by atoms with Crippen molar-refractivity contribution in [1.29, 1.82) is 0 Å². The summed E-state index contributed by atoms with van der Waals surface area (Å²) in [5.74, 6) is -1.87. The molecule has 0 saturated carbocycles. The van der Waals surface area contributed by atoms with Gasteiger partial charge in [-0.25, -0.2) is 9.78 Å². The highest BCUT2D eigenvalue weighted by Crippen LogP contribution is 2.26. The molecule has 0 spiro atoms. The molecule has 2 aromatic rings. The van der Waals surface area contributed by atoms with Crippen molar-refractivity contribution in [3.8, 4) is 17.0 Å². The quantitative estimate of drug-likeness (QED) is 0.593. The van der Waals surface area contributed by atoms with E-state index in [2.05, 4.69) is 10.3 Å². The molecular weight excluding hydrogens is 334 g/mol. The van der Waals surface area contributed by atoms with E-state index < -0.39 is 11.9 Å². The fourth-order valence-electron chi connectivity index (χ4n) is 1.50. The fourth-order valence-corrected chi connectivity index (χ4v) is 2.22. The second kappa shape index (κ2) is 10.3. The molecule has 0 aliphatic carbocycles. The maximum atomic E-state index is 11.0. The summed E-state index contributed by atoms with van der Waals surface area (Å²) in [6.07, 6.45) is 0. The highest BCUT2D eigenvalue weighted by molar-refractivity contribution is 7.14. The van der Waals surface area contributed by atoms with E-state index in [1.807, 2.05) is 31.2 Å². The van der Waals surface area contributed by atoms with E-state index in [1.54, 1.807) is 5.38 Å². The molecular formula is C15H19N3O5S. The summed E-state index contributed by atoms with van der Waals surface area (Å²) in [5.41, 5.74) is 6.30. The molecule has 0 aliphatic rings. The van der Waals surface area contributed by atoms with Crippen molar-refractivity contribution in [2.45, 2.75) is 6.92 Å². The summed E-state index contributed by atoms with van der Waals surface area (Å²) < 4.78 is 5.34. The van der Waals surface area contributed by atoms with E-state index in [-0.39, 0.29) is 11.7 Å². The molecule has 0 aliphatic heterocycles. The van der Waals surface area contributed by atoms with E-state index >= 15 is 0 Å². The third-order valence-corrected chi connectivity index (χ3v) is 3.27. The van der Waals surface area contributed by atoms with Crippen LogP contribution in [0.15, 0.2) is 29.6 Å². The minimum absolute atomic E-state index is 0.0972. The Morgan fingerprint density at radius 3 is 2.46 bits per heavy atom. The number of benzene rings is 1. The summed E-state index contributed by atoms with van der Waals surface area (Å²) in [7, 11) is 0. The highest BCUT2D eigenvalue weighted by atomic mass is 32.1. The number of nitrogens with one attached hydrogen (secondary N) is 1. The summed E-state index contributed by atoms with van der Waals surface area (Å²) in [6, 6.07) is 7.35. The van der Waals surface area contributed by atoms with Gasteiger partial charge in [0.25, 0.3) is 0 Å². The Morgan fingerprint density at radius 1 is 1.33 bits per heavy atom. The van der Waals surface area contributed by atoms with Crippen LogP contribution in [0.25, 0.3) is 11.3 Å². The van der Waals surface area contributed by atoms with Crippen LogP contribution >= 0.6 is 11.3 Å². The van der Waals surface area contributed by atoms with Gasteiger partial charge >= 0.3 is 11.9 Å². The summed E-state index contributed by atoms with van der Waals surface area (Å²) in [5, 5.41) is 20.5. The molecule has 24 heavy (non-hydrogen) atoms. The molecule has 0 atom stereocenters. The van der Waals surface area contributed by atoms with Crippen molar-refractivity contribution >= 4 is 28.3 Å². The molecule has 5 N–H and O–H groups in total. The van der Waals surface area contributed by atoms with Gasteiger partial charge in [-0.1, -0.05) is 0 Å². The Morgan fingerprint density at radius 2 is 1.96 bits per heavy atom. The number of hydrogen-bond acceptors (Lipinski definition) is 7. The number of aromatic nitrogens is 1. The lowest BCUT2D eigenvalue weighted by Crippen LogP contribution is -2.21. The zero-order valence-corrected chi connectivity index (χ0v) is 13.9. The van der Waals surface area contributed by atoms with Gasteiger partial charge in [-0.2, -0.15) is 0 Å². The molecule has 9 heteroatoms. The van der Waals surface area contributed by atoms with Gasteiger partial charge < -0.3 is 20.7 Å². The first-order chi connectivity index (χ1) is 11.5. The SMILES string of the molecule is CCOc1ccc(-c2csc(NC(=O)C(=O)O)n2)cc1.NCCO. The normalized spacial score (nSPS) is 9.62. The molecule has 0 unspecified atom stereocenters. The number of carboxylic acids is 1. The number of aliphatic hydroxyl groups is 1. The number of aliphatic carboxylic acids is 1. The lowest BCUT2D eigenvalue weighted by Gasteiger charge is -2.03. The first-order valence-corrected chi connectivity index (χ1v) is 7.93. The molecule has 130 valence electrons. The number of ether oxygens (including phenoxy) is 1. The van der Waals surface area contributed by atoms with E-state index in [1.165, 1.54) is 11.3 Å². The maximum Gasteiger partial charge on any atom is 0.394 e. The number of nitrogens with two attached hydrogens (primary N) is 1. The number of carbonyl (C=O) groups excluding carboxylic acids is 1. The standard InChI is InChI=1S/C13H12N2O4S.C2H7NO/c1-2-19-9-5-3-8(4-6-9)10-7-20-13(14-10)15-11(16)12(17)18;3-1-2-4/h3-7H,2H2,1H3,(H,17,18)(H,14,15,16);4H,1-3H2. The third-order valence-electron chi connectivity index (χ3n) is 2.51. The number of nitrogens with zero attached hydrogens (tertiary/aromatic N) is 1. The molecule has 0 fully saturated rings. The van der Waals surface area contributed by atoms with Crippen LogP contribution in [0, 0.1) is 0 Å². The Bertz CT molecular complexity index is 655. The van der Waals surface area contributed by atoms with Gasteiger partial charge in [0, 0.05) is 17.5 Å². The summed E-state index contributed by atoms with van der Waals surface area (Å²) >= 11 is 1.17. The number of aliphatic hydroxyl groups excluding tert-OH is 1. The first-order valence-electron chi connectivity index (χ1n) is 7.05. The van der Waals surface area contributed by atoms with Crippen LogP contribution in [0.1, 0.15) is 6.92 Å². The fraction of sp³-hybridized carbons (Fsp3) is 0.267. The molecule has 2 rings (SSSR count). The predicted molar refractivity (Wildman–Crippen MR) is 91.1 cm³/mol. The van der Waals surface area contributed by atoms with Crippen LogP contribution in [-0.2, 0) is 9.59 Å². The lowest BCUT2D eigenvalue weighted by molar-refractivity contribution is -0.147. The van der Waals surface area contributed by atoms with Crippen LogP contribution < -0.4 is 15.8 Å². The average Bonchev–Trinajstić information content (AvgIpc) is 3.04. The van der Waals surface area contributed by atoms with Crippen molar-refractivity contribution < 1.29 is 24.5 Å². The molecule has 0 radical (unpaired) electrons. The minimum Gasteiger partial charge on any atom is -0.494 e. The maximum absolute atomic E-state index is 11.0. The van der Waals surface area contributed by atoms with Crippen LogP contribution in [0.3, 0.4) is 0 Å². The van der Waals surface area contributed by atoms with Gasteiger partial charge in [0.2, 0.25) is 0 Å². The second-order valence-electron chi connectivity index (χ2n) is 4.27. The Labute approximate surface area is 142 Å². The average molecular weight is 353 g/mol. The Kier molecular flexibility index (Phi) is 8.41. The summed E-state index contributed by atoms with van der Waals surface area (Å²) in [6.45, 7) is 2.98. The number of rotatable bonds is 5. The van der Waals surface area contributed by atoms with Crippen LogP contribution in [0.4, 0.5) is 5.13 Å². The molecule has 8 nitrogen and oxygen atoms in total. The van der Waals surface area contributed by atoms with Crippen LogP contribution in [-0.4, -0.2) is 46.8 Å². The van der Waals surface area contributed by atoms with Crippen LogP contribution in [0.5, 0.6) is 5.75 Å². The molecule has 0 bridgehead atoms. The number of thiazole rings is 1. The molecule has 1 heterocycles. The number of hydrogen-bond donors (Lipinski definition) is 4. The van der Waals surface area contributed by atoms with E-state index in [9.17, 15) is 9.59 Å². The van der Waals surface area contributed by atoms with Crippen LogP contribution in [0.2, 0.25) is 0 Å². The Balaban J connectivity index is 0.000000648. The van der Waals surface area contributed by atoms with Crippen molar-refractivity contribution in [3.05, 3.63) is 29.6 Å². The van der Waals surface area contributed by atoms with E-state index in [4.69, 9.17) is 20.7 Å². The van der Waals surface area contributed by atoms with Gasteiger partial charge in [-0.15, -0.1) is 11.3 Å². The first kappa shape index (κ1) is 19.6. The Hall–Kier alpha value is -2.49. The largest absolute Gasteiger partial charge is 0.494 e. The van der Waals surface area contributed by atoms with Gasteiger partial charge in [-0.05, 0) is 31.2 Å². The minimum atomic E-state index is -1.54. The molecule has 1 aromatic heterocycles. The van der Waals surface area contributed by atoms with E-state index in [0.29, 0.717) is 18.8 Å². The second-order valence-corrected chi connectivity index (χ2v) is 5.12. The van der Waals surface area contributed by atoms with Gasteiger partial charge in [-0.3, -0.25) is 10.1 Å². The summed E-state index contributed by atoms with van der Waals surface area (Å²) in [4.78, 5) is 25.6. The zero-order chi connectivity index (χ0) is 17.9. The number of amides is 1. The highest BCUT2D eigenvalue weighted by Gasteiger charge is 2.13. The number of anilines is 1. The van der Waals surface area contributed by atoms with Crippen molar-refractivity contribution in [2.75, 3.05) is 25.1 Å². The molecule has 1 aromatic carbocycles. The van der Waals surface area contributed by atoms with Crippen molar-refractivity contribution in [2.24, 2.45) is 5.73 Å². The van der Waals surface area contributed by atoms with Gasteiger partial charge in [0.1, 0.15) is 5.75 Å². The van der Waals surface area contributed by atoms with Gasteiger partial charge in [0.15, 0.2) is 5.13 Å². The lowest BCUT2D eigenvalue weighted by atomic mass is 10.2. The van der Waals surface area contributed by atoms with Gasteiger partial charge in [0.05, 0.1) is 18.9 Å². The van der Waals surface area contributed by atoms with Crippen molar-refractivity contribution in [1.82, 2.24) is 4.98 Å².